The number of hydrogen-bond donors (Lipinski definition) is 0. The van der Waals surface area contributed by atoms with E-state index < -0.39 is 10.0 Å². The average molecular weight is 479 g/mol. The van der Waals surface area contributed by atoms with Crippen molar-refractivity contribution in [2.75, 3.05) is 18.8 Å². The van der Waals surface area contributed by atoms with Gasteiger partial charge in [-0.1, -0.05) is 74.5 Å². The second kappa shape index (κ2) is 7.66. The number of benzene rings is 2. The van der Waals surface area contributed by atoms with Crippen molar-refractivity contribution in [2.24, 2.45) is 22.7 Å². The summed E-state index contributed by atoms with van der Waals surface area (Å²) in [6.45, 7) is 6.58. The molecule has 1 amide bonds. The predicted molar refractivity (Wildman–Crippen MR) is 132 cm³/mol. The smallest absolute Gasteiger partial charge is 0.241 e. The molecule has 2 saturated heterocycles. The van der Waals surface area contributed by atoms with Gasteiger partial charge >= 0.3 is 0 Å². The highest BCUT2D eigenvalue weighted by atomic mass is 32.2. The monoisotopic (exact) mass is 478 g/mol. The Kier molecular flexibility index (Phi) is 5.02. The first-order chi connectivity index (χ1) is 16.2. The highest BCUT2D eigenvalue weighted by Gasteiger charge is 2.72. The van der Waals surface area contributed by atoms with Crippen molar-refractivity contribution in [2.45, 2.75) is 51.6 Å². The van der Waals surface area contributed by atoms with Crippen LogP contribution in [-0.4, -0.2) is 48.4 Å². The van der Waals surface area contributed by atoms with Crippen molar-refractivity contribution in [3.63, 3.8) is 0 Å². The van der Waals surface area contributed by atoms with Crippen molar-refractivity contribution in [1.29, 1.82) is 0 Å². The third kappa shape index (κ3) is 3.14. The number of amides is 1. The third-order valence-corrected chi connectivity index (χ3v) is 11.7. The quantitative estimate of drug-likeness (QED) is 0.659. The molecule has 2 bridgehead atoms. The highest BCUT2D eigenvalue weighted by molar-refractivity contribution is 7.90. The van der Waals surface area contributed by atoms with Crippen LogP contribution in [0.1, 0.15) is 50.2 Å². The zero-order valence-corrected chi connectivity index (χ0v) is 20.9. The van der Waals surface area contributed by atoms with Crippen molar-refractivity contribution in [1.82, 2.24) is 9.21 Å². The summed E-state index contributed by atoms with van der Waals surface area (Å²) in [5.41, 5.74) is 2.02. The Balaban J connectivity index is 1.33. The lowest BCUT2D eigenvalue weighted by molar-refractivity contribution is -0.133. The van der Waals surface area contributed by atoms with Crippen molar-refractivity contribution >= 4 is 15.9 Å². The topological polar surface area (TPSA) is 57.7 Å². The van der Waals surface area contributed by atoms with E-state index in [2.05, 4.69) is 43.0 Å². The van der Waals surface area contributed by atoms with Gasteiger partial charge in [0.05, 0.1) is 17.7 Å². The van der Waals surface area contributed by atoms with Gasteiger partial charge in [-0.2, -0.15) is 0 Å². The molecular formula is C28H34N2O3S. The number of carbonyl (C=O) groups is 1. The molecule has 2 saturated carbocycles. The Labute approximate surface area is 203 Å². The van der Waals surface area contributed by atoms with Gasteiger partial charge in [-0.15, -0.1) is 0 Å². The van der Waals surface area contributed by atoms with Crippen LogP contribution in [0.4, 0.5) is 0 Å². The lowest BCUT2D eigenvalue weighted by atomic mass is 9.69. The van der Waals surface area contributed by atoms with Crippen LogP contribution in [0.15, 0.2) is 60.7 Å². The van der Waals surface area contributed by atoms with Crippen LogP contribution in [0, 0.1) is 22.7 Å². The van der Waals surface area contributed by atoms with Gasteiger partial charge in [-0.3, -0.25) is 9.69 Å². The van der Waals surface area contributed by atoms with E-state index in [1.807, 2.05) is 36.4 Å². The van der Waals surface area contributed by atoms with Crippen molar-refractivity contribution in [3.05, 3.63) is 71.8 Å². The van der Waals surface area contributed by atoms with Crippen LogP contribution in [0.5, 0.6) is 0 Å². The van der Waals surface area contributed by atoms with E-state index in [1.54, 1.807) is 0 Å². The fraction of sp³-hybridized carbons (Fsp3) is 0.536. The first-order valence-corrected chi connectivity index (χ1v) is 14.2. The van der Waals surface area contributed by atoms with Gasteiger partial charge in [0.2, 0.25) is 15.9 Å². The van der Waals surface area contributed by atoms with Gasteiger partial charge in [-0.05, 0) is 41.7 Å². The molecular weight excluding hydrogens is 444 g/mol. The van der Waals surface area contributed by atoms with E-state index in [1.165, 1.54) is 9.87 Å². The fourth-order valence-electron chi connectivity index (χ4n) is 7.89. The van der Waals surface area contributed by atoms with Crippen LogP contribution in [0.3, 0.4) is 0 Å². The Bertz CT molecular complexity index is 1200. The van der Waals surface area contributed by atoms with Crippen molar-refractivity contribution < 1.29 is 13.2 Å². The van der Waals surface area contributed by atoms with Crippen molar-refractivity contribution in [3.8, 4) is 0 Å². The number of fused-ring (bicyclic) bond motifs is 1. The maximum absolute atomic E-state index is 14.2. The molecule has 2 heterocycles. The van der Waals surface area contributed by atoms with Crippen LogP contribution in [-0.2, 0) is 21.4 Å². The molecule has 0 radical (unpaired) electrons. The number of rotatable bonds is 4. The molecule has 2 aliphatic heterocycles. The summed E-state index contributed by atoms with van der Waals surface area (Å²) in [5.74, 6) is 0.117. The molecule has 2 aliphatic carbocycles. The van der Waals surface area contributed by atoms with E-state index in [0.29, 0.717) is 12.5 Å². The van der Waals surface area contributed by atoms with Crippen LogP contribution in [0.2, 0.25) is 0 Å². The summed E-state index contributed by atoms with van der Waals surface area (Å²) in [4.78, 5) is 16.5. The van der Waals surface area contributed by atoms with Gasteiger partial charge < -0.3 is 0 Å². The second-order valence-electron chi connectivity index (χ2n) is 11.6. The van der Waals surface area contributed by atoms with Gasteiger partial charge in [0, 0.05) is 31.0 Å². The Morgan fingerprint density at radius 1 is 1.00 bits per heavy atom. The second-order valence-corrected chi connectivity index (χ2v) is 13.4. The van der Waals surface area contributed by atoms with E-state index in [9.17, 15) is 13.2 Å². The molecule has 1 spiro atoms. The molecule has 5 nitrogen and oxygen atoms in total. The number of carbonyl (C=O) groups excluding carboxylic acids is 1. The molecule has 0 unspecified atom stereocenters. The zero-order chi connectivity index (χ0) is 23.7. The van der Waals surface area contributed by atoms with Crippen LogP contribution >= 0.6 is 0 Å². The van der Waals surface area contributed by atoms with Gasteiger partial charge in [0.15, 0.2) is 0 Å². The Morgan fingerprint density at radius 2 is 1.68 bits per heavy atom. The molecule has 34 heavy (non-hydrogen) atoms. The summed E-state index contributed by atoms with van der Waals surface area (Å²) in [6.07, 6.45) is 2.83. The minimum atomic E-state index is -3.61. The molecule has 2 aromatic rings. The third-order valence-electron chi connectivity index (χ3n) is 9.82. The van der Waals surface area contributed by atoms with E-state index in [4.69, 9.17) is 0 Å². The SMILES string of the molecule is CC1(C)[C@@H]2CC[C@]13CS(=O)(=O)N(C(=O)[C@@H]1CN(Cc4ccccc4)C[C@H]1c1ccccc1)[C@@H]3C2. The largest absolute Gasteiger partial charge is 0.298 e. The summed E-state index contributed by atoms with van der Waals surface area (Å²) >= 11 is 0. The van der Waals surface area contributed by atoms with Gasteiger partial charge in [0.1, 0.15) is 0 Å². The molecule has 4 aliphatic rings. The molecule has 5 atom stereocenters. The van der Waals surface area contributed by atoms with Gasteiger partial charge in [-0.25, -0.2) is 12.7 Å². The first-order valence-electron chi connectivity index (χ1n) is 12.6. The normalized spacial score (nSPS) is 35.5. The summed E-state index contributed by atoms with van der Waals surface area (Å²) in [6, 6.07) is 20.3. The maximum Gasteiger partial charge on any atom is 0.241 e. The number of likely N-dealkylation sites (tertiary alicyclic amines) is 1. The van der Waals surface area contributed by atoms with E-state index in [0.717, 1.165) is 37.9 Å². The minimum Gasteiger partial charge on any atom is -0.298 e. The average Bonchev–Trinajstić information content (AvgIpc) is 3.47. The molecule has 0 N–H and O–H groups in total. The lowest BCUT2D eigenvalue weighted by Crippen LogP contribution is -2.47. The fourth-order valence-corrected chi connectivity index (χ4v) is 10.5. The lowest BCUT2D eigenvalue weighted by Gasteiger charge is -2.37. The summed E-state index contributed by atoms with van der Waals surface area (Å²) in [5, 5.41) is 0. The molecule has 6 rings (SSSR count). The summed E-state index contributed by atoms with van der Waals surface area (Å²) < 4.78 is 28.5. The molecule has 6 heteroatoms. The van der Waals surface area contributed by atoms with Gasteiger partial charge in [0.25, 0.3) is 0 Å². The van der Waals surface area contributed by atoms with Crippen LogP contribution < -0.4 is 0 Å². The van der Waals surface area contributed by atoms with E-state index in [-0.39, 0.29) is 40.4 Å². The first kappa shape index (κ1) is 22.3. The zero-order valence-electron chi connectivity index (χ0n) is 20.1. The summed E-state index contributed by atoms with van der Waals surface area (Å²) in [7, 11) is -3.61. The number of sulfonamides is 1. The Hall–Kier alpha value is -2.18. The maximum atomic E-state index is 14.2. The molecule has 0 aromatic heterocycles. The van der Waals surface area contributed by atoms with E-state index >= 15 is 0 Å². The minimum absolute atomic E-state index is 0.00392. The Morgan fingerprint density at radius 3 is 2.35 bits per heavy atom. The number of hydrogen-bond acceptors (Lipinski definition) is 4. The molecule has 4 fully saturated rings. The standard InChI is InChI=1S/C28H34N2O3S/c1-27(2)22-13-14-28(27)19-34(32,33)30(25(28)15-22)26(31)24-18-29(16-20-9-5-3-6-10-20)17-23(24)21-11-7-4-8-12-21/h3-12,22-25H,13-19H2,1-2H3/t22-,23+,24-,25-,28-/m1/s1. The van der Waals surface area contributed by atoms with Crippen LogP contribution in [0.25, 0.3) is 0 Å². The number of nitrogens with zero attached hydrogens (tertiary/aromatic N) is 2. The molecule has 180 valence electrons. The highest BCUT2D eigenvalue weighted by Crippen LogP contribution is 2.70. The predicted octanol–water partition coefficient (Wildman–Crippen LogP) is 4.27. The molecule has 2 aromatic carbocycles.